The van der Waals surface area contributed by atoms with Crippen molar-refractivity contribution in [3.63, 3.8) is 0 Å². The van der Waals surface area contributed by atoms with Crippen molar-refractivity contribution >= 4 is 15.9 Å². The van der Waals surface area contributed by atoms with E-state index in [2.05, 4.69) is 67.1 Å². The average Bonchev–Trinajstić information content (AvgIpc) is 2.45. The zero-order chi connectivity index (χ0) is 15.0. The molecule has 0 heterocycles. The normalized spacial score (nSPS) is 14.2. The van der Waals surface area contributed by atoms with Crippen LogP contribution in [0.2, 0.25) is 0 Å². The highest BCUT2D eigenvalue weighted by molar-refractivity contribution is 9.10. The van der Waals surface area contributed by atoms with Gasteiger partial charge in [0.25, 0.3) is 0 Å². The fourth-order valence-electron chi connectivity index (χ4n) is 2.88. The van der Waals surface area contributed by atoms with E-state index in [1.165, 1.54) is 47.7 Å². The maximum absolute atomic E-state index is 3.69. The third kappa shape index (κ3) is 5.21. The molecule has 0 aromatic heterocycles. The summed E-state index contributed by atoms with van der Waals surface area (Å²) in [5.74, 6) is 0.831. The molecule has 1 aromatic carbocycles. The molecule has 0 amide bonds. The van der Waals surface area contributed by atoms with Crippen molar-refractivity contribution in [1.29, 1.82) is 0 Å². The first kappa shape index (κ1) is 17.7. The van der Waals surface area contributed by atoms with E-state index in [4.69, 9.17) is 0 Å². The molecule has 1 N–H and O–H groups in total. The van der Waals surface area contributed by atoms with Gasteiger partial charge in [0.05, 0.1) is 0 Å². The van der Waals surface area contributed by atoms with E-state index in [-0.39, 0.29) is 0 Å². The standard InChI is InChI=1S/C18H30BrN/c1-5-8-10-15(6-2)13-18(20-7-3)16-11-9-12-17(19)14(16)4/h9,11-12,15,18,20H,5-8,10,13H2,1-4H3. The molecule has 1 nitrogen and oxygen atoms in total. The number of benzene rings is 1. The zero-order valence-electron chi connectivity index (χ0n) is 13.5. The van der Waals surface area contributed by atoms with Crippen LogP contribution in [0.5, 0.6) is 0 Å². The fraction of sp³-hybridized carbons (Fsp3) is 0.667. The second kappa shape index (κ2) is 9.57. The average molecular weight is 340 g/mol. The van der Waals surface area contributed by atoms with E-state index in [0.717, 1.165) is 12.5 Å². The first-order valence-corrected chi connectivity index (χ1v) is 8.91. The molecule has 0 fully saturated rings. The predicted molar refractivity (Wildman–Crippen MR) is 93.2 cm³/mol. The van der Waals surface area contributed by atoms with Gasteiger partial charge >= 0.3 is 0 Å². The lowest BCUT2D eigenvalue weighted by molar-refractivity contribution is 0.356. The second-order valence-electron chi connectivity index (χ2n) is 5.72. The lowest BCUT2D eigenvalue weighted by Crippen LogP contribution is -2.24. The molecule has 1 aromatic rings. The van der Waals surface area contributed by atoms with Crippen LogP contribution in [-0.4, -0.2) is 6.54 Å². The molecular formula is C18H30BrN. The van der Waals surface area contributed by atoms with E-state index in [9.17, 15) is 0 Å². The number of halogens is 1. The number of hydrogen-bond acceptors (Lipinski definition) is 1. The molecule has 1 rings (SSSR count). The molecule has 2 atom stereocenters. The Morgan fingerprint density at radius 1 is 1.20 bits per heavy atom. The summed E-state index contributed by atoms with van der Waals surface area (Å²) >= 11 is 3.66. The maximum atomic E-state index is 3.69. The number of hydrogen-bond donors (Lipinski definition) is 1. The summed E-state index contributed by atoms with van der Waals surface area (Å²) in [7, 11) is 0. The van der Waals surface area contributed by atoms with Gasteiger partial charge in [0, 0.05) is 10.5 Å². The van der Waals surface area contributed by atoms with Crippen LogP contribution in [0.15, 0.2) is 22.7 Å². The first-order chi connectivity index (χ1) is 9.63. The van der Waals surface area contributed by atoms with Gasteiger partial charge < -0.3 is 5.32 Å². The first-order valence-electron chi connectivity index (χ1n) is 8.12. The Hall–Kier alpha value is -0.340. The molecule has 0 saturated carbocycles. The molecule has 0 spiro atoms. The quantitative estimate of drug-likeness (QED) is 0.580. The molecule has 0 bridgehead atoms. The van der Waals surface area contributed by atoms with Crippen LogP contribution < -0.4 is 5.32 Å². The lowest BCUT2D eigenvalue weighted by atomic mass is 9.88. The van der Waals surface area contributed by atoms with Gasteiger partial charge in [0.2, 0.25) is 0 Å². The number of nitrogens with one attached hydrogen (secondary N) is 1. The van der Waals surface area contributed by atoms with Gasteiger partial charge in [-0.25, -0.2) is 0 Å². The van der Waals surface area contributed by atoms with Gasteiger partial charge in [-0.3, -0.25) is 0 Å². The Labute approximate surface area is 133 Å². The minimum Gasteiger partial charge on any atom is -0.310 e. The third-order valence-electron chi connectivity index (χ3n) is 4.25. The van der Waals surface area contributed by atoms with Gasteiger partial charge in [0.15, 0.2) is 0 Å². The largest absolute Gasteiger partial charge is 0.310 e. The Balaban J connectivity index is 2.84. The van der Waals surface area contributed by atoms with E-state index in [1.807, 2.05) is 0 Å². The van der Waals surface area contributed by atoms with Crippen LogP contribution in [0.3, 0.4) is 0 Å². The van der Waals surface area contributed by atoms with Gasteiger partial charge in [0.1, 0.15) is 0 Å². The molecule has 2 heteroatoms. The summed E-state index contributed by atoms with van der Waals surface area (Å²) in [6, 6.07) is 7.05. The SMILES string of the molecule is CCCCC(CC)CC(NCC)c1cccc(Br)c1C. The summed E-state index contributed by atoms with van der Waals surface area (Å²) in [5, 5.41) is 3.69. The fourth-order valence-corrected chi connectivity index (χ4v) is 3.26. The molecule has 0 saturated heterocycles. The number of unbranched alkanes of at least 4 members (excludes halogenated alkanes) is 1. The molecule has 0 aliphatic rings. The van der Waals surface area contributed by atoms with Crippen LogP contribution in [0.25, 0.3) is 0 Å². The third-order valence-corrected chi connectivity index (χ3v) is 5.11. The minimum absolute atomic E-state index is 0.485. The molecule has 20 heavy (non-hydrogen) atoms. The predicted octanol–water partition coefficient (Wildman–Crippen LogP) is 6.01. The molecular weight excluding hydrogens is 310 g/mol. The van der Waals surface area contributed by atoms with Crippen molar-refractivity contribution in [2.45, 2.75) is 65.8 Å². The molecule has 0 aliphatic carbocycles. The highest BCUT2D eigenvalue weighted by Gasteiger charge is 2.18. The van der Waals surface area contributed by atoms with Crippen molar-refractivity contribution in [3.05, 3.63) is 33.8 Å². The van der Waals surface area contributed by atoms with Gasteiger partial charge in [-0.05, 0) is 43.0 Å². The van der Waals surface area contributed by atoms with Crippen LogP contribution >= 0.6 is 15.9 Å². The van der Waals surface area contributed by atoms with Gasteiger partial charge in [-0.15, -0.1) is 0 Å². The smallest absolute Gasteiger partial charge is 0.0325 e. The Morgan fingerprint density at radius 3 is 2.55 bits per heavy atom. The van der Waals surface area contributed by atoms with Crippen molar-refractivity contribution in [2.75, 3.05) is 6.54 Å². The highest BCUT2D eigenvalue weighted by Crippen LogP contribution is 2.31. The maximum Gasteiger partial charge on any atom is 0.0325 e. The van der Waals surface area contributed by atoms with E-state index in [1.54, 1.807) is 0 Å². The van der Waals surface area contributed by atoms with Crippen molar-refractivity contribution in [3.8, 4) is 0 Å². The Morgan fingerprint density at radius 2 is 1.95 bits per heavy atom. The highest BCUT2D eigenvalue weighted by atomic mass is 79.9. The molecule has 0 radical (unpaired) electrons. The van der Waals surface area contributed by atoms with Crippen LogP contribution in [0.1, 0.15) is 70.0 Å². The molecule has 0 aliphatic heterocycles. The van der Waals surface area contributed by atoms with Gasteiger partial charge in [-0.2, -0.15) is 0 Å². The van der Waals surface area contributed by atoms with Crippen LogP contribution in [0.4, 0.5) is 0 Å². The Bertz CT molecular complexity index is 389. The summed E-state index contributed by atoms with van der Waals surface area (Å²) in [4.78, 5) is 0. The van der Waals surface area contributed by atoms with Gasteiger partial charge in [-0.1, -0.05) is 74.5 Å². The van der Waals surface area contributed by atoms with Crippen LogP contribution in [0, 0.1) is 12.8 Å². The van der Waals surface area contributed by atoms with E-state index < -0.39 is 0 Å². The van der Waals surface area contributed by atoms with E-state index in [0.29, 0.717) is 6.04 Å². The van der Waals surface area contributed by atoms with Crippen LogP contribution in [-0.2, 0) is 0 Å². The minimum atomic E-state index is 0.485. The van der Waals surface area contributed by atoms with E-state index >= 15 is 0 Å². The zero-order valence-corrected chi connectivity index (χ0v) is 15.1. The summed E-state index contributed by atoms with van der Waals surface area (Å²) in [6.07, 6.45) is 6.56. The second-order valence-corrected chi connectivity index (χ2v) is 6.57. The summed E-state index contributed by atoms with van der Waals surface area (Å²) in [6.45, 7) is 10.1. The van der Waals surface area contributed by atoms with Crippen molar-refractivity contribution in [1.82, 2.24) is 5.32 Å². The summed E-state index contributed by atoms with van der Waals surface area (Å²) in [5.41, 5.74) is 2.83. The van der Waals surface area contributed by atoms with Crippen molar-refractivity contribution < 1.29 is 0 Å². The summed E-state index contributed by atoms with van der Waals surface area (Å²) < 4.78 is 1.22. The topological polar surface area (TPSA) is 12.0 Å². The number of rotatable bonds is 9. The molecule has 2 unspecified atom stereocenters. The molecule has 114 valence electrons. The lowest BCUT2D eigenvalue weighted by Gasteiger charge is -2.25. The monoisotopic (exact) mass is 339 g/mol. The Kier molecular flexibility index (Phi) is 8.47. The van der Waals surface area contributed by atoms with Crippen molar-refractivity contribution in [2.24, 2.45) is 5.92 Å².